The predicted molar refractivity (Wildman–Crippen MR) is 260 cm³/mol. The highest BCUT2D eigenvalue weighted by Gasteiger charge is 2.19. The Morgan fingerprint density at radius 3 is 1.50 bits per heavy atom. The molecule has 0 fully saturated rings. The van der Waals surface area contributed by atoms with Gasteiger partial charge in [-0.1, -0.05) is 121 Å². The first kappa shape index (κ1) is 34.5. The summed E-state index contributed by atoms with van der Waals surface area (Å²) in [6.45, 7) is 0. The molecule has 0 spiro atoms. The van der Waals surface area contributed by atoms with E-state index in [1.165, 1.54) is 65.5 Å². The van der Waals surface area contributed by atoms with E-state index in [1.807, 2.05) is 12.1 Å². The Morgan fingerprint density at radius 2 is 0.774 bits per heavy atom. The van der Waals surface area contributed by atoms with Gasteiger partial charge >= 0.3 is 0 Å². The molecule has 10 aromatic carbocycles. The Balaban J connectivity index is 0.932. The number of furan rings is 1. The monoisotopic (exact) mass is 791 g/mol. The van der Waals surface area contributed by atoms with Gasteiger partial charge in [0.25, 0.3) is 0 Å². The van der Waals surface area contributed by atoms with Gasteiger partial charge in [-0.15, -0.1) is 0 Å². The quantitative estimate of drug-likeness (QED) is 0.168. The first-order chi connectivity index (χ1) is 30.7. The molecule has 0 atom stereocenters. The van der Waals surface area contributed by atoms with Crippen LogP contribution in [0, 0.1) is 0 Å². The van der Waals surface area contributed by atoms with Crippen LogP contribution in [0.15, 0.2) is 229 Å². The van der Waals surface area contributed by atoms with Gasteiger partial charge in [-0.25, -0.2) is 0 Å². The third-order valence-electron chi connectivity index (χ3n) is 12.7. The molecule has 0 unspecified atom stereocenters. The Bertz CT molecular complexity index is 3820. The SMILES string of the molecule is c1ccc(-n2c3ccccc3c3ccc(-c4ccc5cc(N(c6ccc(-n7c8ccccc8c8ccccc87)cc6)c6ccc7oc8ccccc8c7c6)ccc5c4)cc32)cc1. The number of nitrogens with zero attached hydrogens (tertiary/aromatic N) is 3. The van der Waals surface area contributed by atoms with E-state index >= 15 is 0 Å². The van der Waals surface area contributed by atoms with Crippen LogP contribution < -0.4 is 4.90 Å². The van der Waals surface area contributed by atoms with Crippen molar-refractivity contribution in [3.05, 3.63) is 224 Å². The number of anilines is 3. The maximum Gasteiger partial charge on any atom is 0.135 e. The molecular formula is C58H37N3O. The van der Waals surface area contributed by atoms with E-state index in [-0.39, 0.29) is 0 Å². The molecule has 0 saturated heterocycles. The molecule has 0 aliphatic rings. The molecule has 0 aliphatic heterocycles. The lowest BCUT2D eigenvalue weighted by Crippen LogP contribution is -2.10. The second-order valence-electron chi connectivity index (χ2n) is 16.2. The highest BCUT2D eigenvalue weighted by molar-refractivity contribution is 6.11. The van der Waals surface area contributed by atoms with Gasteiger partial charge in [-0.3, -0.25) is 0 Å². The van der Waals surface area contributed by atoms with Crippen LogP contribution in [0.2, 0.25) is 0 Å². The molecule has 13 rings (SSSR count). The molecule has 4 nitrogen and oxygen atoms in total. The third kappa shape index (κ3) is 5.33. The van der Waals surface area contributed by atoms with Gasteiger partial charge in [0.15, 0.2) is 0 Å². The van der Waals surface area contributed by atoms with E-state index in [0.29, 0.717) is 0 Å². The molecule has 13 aromatic rings. The van der Waals surface area contributed by atoms with Crippen molar-refractivity contribution in [3.8, 4) is 22.5 Å². The van der Waals surface area contributed by atoms with Crippen molar-refractivity contribution < 1.29 is 4.42 Å². The van der Waals surface area contributed by atoms with Gasteiger partial charge in [0.05, 0.1) is 22.1 Å². The van der Waals surface area contributed by atoms with E-state index in [1.54, 1.807) is 0 Å². The lowest BCUT2D eigenvalue weighted by Gasteiger charge is -2.26. The minimum atomic E-state index is 0.880. The normalized spacial score (nSPS) is 11.9. The lowest BCUT2D eigenvalue weighted by molar-refractivity contribution is 0.669. The maximum absolute atomic E-state index is 6.28. The van der Waals surface area contributed by atoms with E-state index < -0.39 is 0 Å². The van der Waals surface area contributed by atoms with Crippen molar-refractivity contribution >= 4 is 93.4 Å². The molecule has 290 valence electrons. The Morgan fingerprint density at radius 1 is 0.290 bits per heavy atom. The standard InChI is InChI=1S/C58H37N3O/c1-2-12-42(13-3-1)61-55-20-10-6-16-49(55)50-32-25-41(36-56(50)61)38-22-23-40-35-45(26-24-39(40)34-38)59(46-31-33-58-52(37-46)51-17-7-11-21-57(51)62-58)43-27-29-44(30-28-43)60-53-18-8-4-14-47(53)48-15-5-9-19-54(48)60/h1-37H. The van der Waals surface area contributed by atoms with Crippen LogP contribution in [0.4, 0.5) is 17.1 Å². The van der Waals surface area contributed by atoms with Gasteiger partial charge in [0.2, 0.25) is 0 Å². The second kappa shape index (κ2) is 13.6. The zero-order valence-corrected chi connectivity index (χ0v) is 33.6. The second-order valence-corrected chi connectivity index (χ2v) is 16.2. The molecule has 0 amide bonds. The minimum Gasteiger partial charge on any atom is -0.456 e. The molecule has 62 heavy (non-hydrogen) atoms. The van der Waals surface area contributed by atoms with Crippen molar-refractivity contribution in [2.75, 3.05) is 4.90 Å². The summed E-state index contributed by atoms with van der Waals surface area (Å²) < 4.78 is 11.0. The van der Waals surface area contributed by atoms with E-state index in [0.717, 1.165) is 50.4 Å². The molecule has 0 radical (unpaired) electrons. The number of para-hydroxylation sites is 5. The number of hydrogen-bond donors (Lipinski definition) is 0. The molecule has 3 aromatic heterocycles. The topological polar surface area (TPSA) is 26.2 Å². The maximum atomic E-state index is 6.28. The summed E-state index contributed by atoms with van der Waals surface area (Å²) >= 11 is 0. The predicted octanol–water partition coefficient (Wildman–Crippen LogP) is 16.1. The van der Waals surface area contributed by atoms with Crippen LogP contribution in [-0.4, -0.2) is 9.13 Å². The molecule has 3 heterocycles. The van der Waals surface area contributed by atoms with Crippen LogP contribution >= 0.6 is 0 Å². The number of fused-ring (bicyclic) bond motifs is 10. The molecule has 0 saturated carbocycles. The molecular weight excluding hydrogens is 755 g/mol. The van der Waals surface area contributed by atoms with Gasteiger partial charge in [-0.2, -0.15) is 0 Å². The molecule has 0 N–H and O–H groups in total. The summed E-state index contributed by atoms with van der Waals surface area (Å²) in [6, 6.07) is 81.1. The van der Waals surface area contributed by atoms with Crippen LogP contribution in [-0.2, 0) is 0 Å². The van der Waals surface area contributed by atoms with Gasteiger partial charge < -0.3 is 18.5 Å². The summed E-state index contributed by atoms with van der Waals surface area (Å²) in [4.78, 5) is 2.36. The minimum absolute atomic E-state index is 0.880. The largest absolute Gasteiger partial charge is 0.456 e. The number of rotatable bonds is 6. The van der Waals surface area contributed by atoms with Gasteiger partial charge in [0, 0.05) is 60.8 Å². The van der Waals surface area contributed by atoms with Crippen molar-refractivity contribution in [2.45, 2.75) is 0 Å². The fraction of sp³-hybridized carbons (Fsp3) is 0. The Hall–Kier alpha value is -8.34. The summed E-state index contributed by atoms with van der Waals surface area (Å²) in [6.07, 6.45) is 0. The van der Waals surface area contributed by atoms with E-state index in [4.69, 9.17) is 4.42 Å². The number of benzene rings is 10. The molecule has 0 bridgehead atoms. The summed E-state index contributed by atoms with van der Waals surface area (Å²) in [5.41, 5.74) is 14.4. The van der Waals surface area contributed by atoms with E-state index in [2.05, 4.69) is 226 Å². The van der Waals surface area contributed by atoms with Crippen LogP contribution in [0.1, 0.15) is 0 Å². The Kier molecular flexibility index (Phi) is 7.57. The molecule has 0 aliphatic carbocycles. The average Bonchev–Trinajstić information content (AvgIpc) is 3.99. The number of aromatic nitrogens is 2. The highest BCUT2D eigenvalue weighted by Crippen LogP contribution is 2.42. The number of hydrogen-bond acceptors (Lipinski definition) is 2. The van der Waals surface area contributed by atoms with Crippen LogP contribution in [0.3, 0.4) is 0 Å². The fourth-order valence-corrected chi connectivity index (χ4v) is 9.81. The van der Waals surface area contributed by atoms with Crippen LogP contribution in [0.25, 0.3) is 98.8 Å². The highest BCUT2D eigenvalue weighted by atomic mass is 16.3. The third-order valence-corrected chi connectivity index (χ3v) is 12.7. The van der Waals surface area contributed by atoms with Gasteiger partial charge in [-0.05, 0) is 125 Å². The first-order valence-electron chi connectivity index (χ1n) is 21.2. The Labute approximate surface area is 357 Å². The zero-order chi connectivity index (χ0) is 40.7. The van der Waals surface area contributed by atoms with Crippen LogP contribution in [0.5, 0.6) is 0 Å². The average molecular weight is 792 g/mol. The first-order valence-corrected chi connectivity index (χ1v) is 21.2. The molecule has 4 heteroatoms. The smallest absolute Gasteiger partial charge is 0.135 e. The van der Waals surface area contributed by atoms with Crippen molar-refractivity contribution in [3.63, 3.8) is 0 Å². The van der Waals surface area contributed by atoms with Crippen molar-refractivity contribution in [2.24, 2.45) is 0 Å². The summed E-state index contributed by atoms with van der Waals surface area (Å²) in [5, 5.41) is 9.59. The van der Waals surface area contributed by atoms with Gasteiger partial charge in [0.1, 0.15) is 11.2 Å². The van der Waals surface area contributed by atoms with Crippen molar-refractivity contribution in [1.29, 1.82) is 0 Å². The van der Waals surface area contributed by atoms with Crippen molar-refractivity contribution in [1.82, 2.24) is 9.13 Å². The fourth-order valence-electron chi connectivity index (χ4n) is 9.81. The summed E-state index contributed by atoms with van der Waals surface area (Å²) in [7, 11) is 0. The lowest BCUT2D eigenvalue weighted by atomic mass is 9.99. The summed E-state index contributed by atoms with van der Waals surface area (Å²) in [5.74, 6) is 0. The zero-order valence-electron chi connectivity index (χ0n) is 33.6. The van der Waals surface area contributed by atoms with E-state index in [9.17, 15) is 0 Å².